The van der Waals surface area contributed by atoms with Gasteiger partial charge in [-0.25, -0.2) is 8.78 Å². The molecule has 0 aliphatic carbocycles. The Hall–Kier alpha value is -1.81. The maximum absolute atomic E-state index is 12.8. The predicted octanol–water partition coefficient (Wildman–Crippen LogP) is 4.09. The van der Waals surface area contributed by atoms with Gasteiger partial charge in [-0.05, 0) is 43.2 Å². The van der Waals surface area contributed by atoms with Crippen molar-refractivity contribution in [2.75, 3.05) is 11.5 Å². The van der Waals surface area contributed by atoms with Crippen LogP contribution in [0.4, 0.5) is 20.2 Å². The lowest BCUT2D eigenvalue weighted by Gasteiger charge is -2.00. The molecule has 0 atom stereocenters. The number of benzene rings is 2. The molecule has 0 heterocycles. The molecule has 102 valence electrons. The zero-order valence-corrected chi connectivity index (χ0v) is 11.4. The number of hydrogen-bond donors (Lipinski definition) is 2. The Labute approximate surface area is 116 Å². The third kappa shape index (κ3) is 4.10. The smallest absolute Gasteiger partial charge is 0.146 e. The minimum absolute atomic E-state index is 0.0139. The molecule has 0 bridgehead atoms. The van der Waals surface area contributed by atoms with Crippen molar-refractivity contribution in [3.63, 3.8) is 0 Å². The summed E-state index contributed by atoms with van der Waals surface area (Å²) in [7, 11) is 0. The summed E-state index contributed by atoms with van der Waals surface area (Å²) in [6.07, 6.45) is 0. The average Bonchev–Trinajstić information content (AvgIpc) is 2.37. The molecule has 0 amide bonds. The molecule has 5 heteroatoms. The van der Waals surface area contributed by atoms with E-state index in [0.29, 0.717) is 16.8 Å². The van der Waals surface area contributed by atoms with Crippen molar-refractivity contribution in [2.45, 2.75) is 13.8 Å². The van der Waals surface area contributed by atoms with Gasteiger partial charge in [0.2, 0.25) is 0 Å². The summed E-state index contributed by atoms with van der Waals surface area (Å²) in [6.45, 7) is 3.34. The maximum atomic E-state index is 12.8. The summed E-state index contributed by atoms with van der Waals surface area (Å²) in [5.74, 6) is -0.670. The summed E-state index contributed by atoms with van der Waals surface area (Å²) in [6, 6.07) is 7.83. The van der Waals surface area contributed by atoms with E-state index in [2.05, 4.69) is 0 Å². The lowest BCUT2D eigenvalue weighted by molar-refractivity contribution is 0.619. The van der Waals surface area contributed by atoms with Crippen LogP contribution in [-0.2, 0) is 0 Å². The largest absolute Gasteiger partial charge is 0.399 e. The Morgan fingerprint density at radius 2 is 1.53 bits per heavy atom. The van der Waals surface area contributed by atoms with Gasteiger partial charge in [0.1, 0.15) is 11.6 Å². The van der Waals surface area contributed by atoms with Crippen LogP contribution in [0.5, 0.6) is 0 Å². The van der Waals surface area contributed by atoms with Crippen LogP contribution >= 0.6 is 11.6 Å². The minimum Gasteiger partial charge on any atom is -0.399 e. The first kappa shape index (κ1) is 15.2. The fourth-order valence-electron chi connectivity index (χ4n) is 1.27. The monoisotopic (exact) mass is 284 g/mol. The van der Waals surface area contributed by atoms with Crippen LogP contribution in [0.1, 0.15) is 11.1 Å². The summed E-state index contributed by atoms with van der Waals surface area (Å²) in [4.78, 5) is 0. The van der Waals surface area contributed by atoms with Crippen molar-refractivity contribution in [3.8, 4) is 0 Å². The van der Waals surface area contributed by atoms with Gasteiger partial charge in [-0.2, -0.15) is 0 Å². The van der Waals surface area contributed by atoms with Crippen LogP contribution < -0.4 is 11.5 Å². The van der Waals surface area contributed by atoms with Crippen LogP contribution in [0.25, 0.3) is 0 Å². The van der Waals surface area contributed by atoms with Crippen molar-refractivity contribution < 1.29 is 8.78 Å². The third-order valence-electron chi connectivity index (χ3n) is 2.50. The Bertz CT molecular complexity index is 559. The molecular formula is C14H15ClF2N2. The fourth-order valence-corrected chi connectivity index (χ4v) is 1.48. The molecule has 0 radical (unpaired) electrons. The molecule has 2 rings (SSSR count). The van der Waals surface area contributed by atoms with Crippen molar-refractivity contribution in [3.05, 3.63) is 58.1 Å². The highest BCUT2D eigenvalue weighted by Gasteiger charge is 2.04. The number of halogens is 3. The number of aryl methyl sites for hydroxylation is 2. The van der Waals surface area contributed by atoms with Crippen molar-refractivity contribution in [2.24, 2.45) is 0 Å². The quantitative estimate of drug-likeness (QED) is 0.716. The number of anilines is 2. The van der Waals surface area contributed by atoms with E-state index in [0.717, 1.165) is 0 Å². The van der Waals surface area contributed by atoms with Gasteiger partial charge in [0.05, 0.1) is 10.7 Å². The van der Waals surface area contributed by atoms with Gasteiger partial charge in [-0.1, -0.05) is 23.7 Å². The molecule has 0 aromatic heterocycles. The van der Waals surface area contributed by atoms with Gasteiger partial charge in [0.25, 0.3) is 0 Å². The second-order valence-corrected chi connectivity index (χ2v) is 4.49. The van der Waals surface area contributed by atoms with Gasteiger partial charge in [-0.15, -0.1) is 0 Å². The first-order chi connectivity index (χ1) is 8.82. The Kier molecular flexibility index (Phi) is 5.12. The molecule has 0 aliphatic rings. The minimum atomic E-state index is -0.429. The Morgan fingerprint density at radius 3 is 2.00 bits per heavy atom. The topological polar surface area (TPSA) is 52.0 Å². The van der Waals surface area contributed by atoms with E-state index >= 15 is 0 Å². The summed E-state index contributed by atoms with van der Waals surface area (Å²) in [5.41, 5.74) is 12.5. The second-order valence-electron chi connectivity index (χ2n) is 4.11. The van der Waals surface area contributed by atoms with Crippen LogP contribution in [0.2, 0.25) is 5.02 Å². The van der Waals surface area contributed by atoms with E-state index in [-0.39, 0.29) is 16.5 Å². The first-order valence-corrected chi connectivity index (χ1v) is 5.92. The Morgan fingerprint density at radius 1 is 0.947 bits per heavy atom. The highest BCUT2D eigenvalue weighted by molar-refractivity contribution is 6.33. The van der Waals surface area contributed by atoms with Gasteiger partial charge >= 0.3 is 0 Å². The maximum Gasteiger partial charge on any atom is 0.146 e. The number of hydrogen-bond acceptors (Lipinski definition) is 2. The molecule has 2 nitrogen and oxygen atoms in total. The van der Waals surface area contributed by atoms with Crippen molar-refractivity contribution >= 4 is 23.0 Å². The van der Waals surface area contributed by atoms with E-state index in [1.165, 1.54) is 6.07 Å². The van der Waals surface area contributed by atoms with E-state index in [1.54, 1.807) is 38.1 Å². The van der Waals surface area contributed by atoms with Gasteiger partial charge in [0, 0.05) is 5.69 Å². The van der Waals surface area contributed by atoms with Crippen molar-refractivity contribution in [1.29, 1.82) is 0 Å². The molecule has 0 saturated heterocycles. The van der Waals surface area contributed by atoms with E-state index in [4.69, 9.17) is 23.1 Å². The molecule has 0 fully saturated rings. The fraction of sp³-hybridized carbons (Fsp3) is 0.143. The predicted molar refractivity (Wildman–Crippen MR) is 76.1 cm³/mol. The highest BCUT2D eigenvalue weighted by Crippen LogP contribution is 2.23. The molecule has 0 spiro atoms. The van der Waals surface area contributed by atoms with Crippen LogP contribution in [0.15, 0.2) is 30.3 Å². The molecule has 4 N–H and O–H groups in total. The molecular weight excluding hydrogens is 270 g/mol. The zero-order chi connectivity index (χ0) is 14.6. The number of rotatable bonds is 0. The lowest BCUT2D eigenvalue weighted by atomic mass is 10.2. The van der Waals surface area contributed by atoms with E-state index in [1.807, 2.05) is 0 Å². The van der Waals surface area contributed by atoms with Crippen LogP contribution in [0, 0.1) is 25.5 Å². The van der Waals surface area contributed by atoms with Crippen LogP contribution in [0.3, 0.4) is 0 Å². The van der Waals surface area contributed by atoms with E-state index in [9.17, 15) is 8.78 Å². The second kappa shape index (κ2) is 6.38. The van der Waals surface area contributed by atoms with E-state index < -0.39 is 5.82 Å². The highest BCUT2D eigenvalue weighted by atomic mass is 35.5. The van der Waals surface area contributed by atoms with Crippen molar-refractivity contribution in [1.82, 2.24) is 0 Å². The zero-order valence-electron chi connectivity index (χ0n) is 10.7. The summed E-state index contributed by atoms with van der Waals surface area (Å²) < 4.78 is 25.3. The van der Waals surface area contributed by atoms with Gasteiger partial charge in [-0.3, -0.25) is 0 Å². The third-order valence-corrected chi connectivity index (χ3v) is 2.89. The lowest BCUT2D eigenvalue weighted by Crippen LogP contribution is -1.90. The Balaban J connectivity index is 0.000000191. The molecule has 0 unspecified atom stereocenters. The number of nitrogens with two attached hydrogens (primary N) is 2. The average molecular weight is 285 g/mol. The summed E-state index contributed by atoms with van der Waals surface area (Å²) in [5, 5.41) is 0.0139. The summed E-state index contributed by atoms with van der Waals surface area (Å²) >= 11 is 5.48. The molecule has 0 aliphatic heterocycles. The molecule has 19 heavy (non-hydrogen) atoms. The molecule has 0 saturated carbocycles. The molecule has 2 aromatic carbocycles. The normalized spacial score (nSPS) is 9.74. The van der Waals surface area contributed by atoms with Gasteiger partial charge < -0.3 is 11.5 Å². The molecule has 2 aromatic rings. The van der Waals surface area contributed by atoms with Crippen LogP contribution in [-0.4, -0.2) is 0 Å². The van der Waals surface area contributed by atoms with Gasteiger partial charge in [0.15, 0.2) is 0 Å². The first-order valence-electron chi connectivity index (χ1n) is 5.54. The SMILES string of the molecule is Cc1ccc(N)c(Cl)c1F.Cc1ccc(N)cc1F. The number of nitrogen functional groups attached to an aromatic ring is 2. The standard InChI is InChI=1S/C7H7ClFN.C7H8FN/c1-4-2-3-5(10)6(8)7(4)9;1-5-2-3-6(9)4-7(5)8/h2-3H,10H2,1H3;2-4H,9H2,1H3.